The van der Waals surface area contributed by atoms with Crippen LogP contribution in [0.15, 0.2) is 48.6 Å². The van der Waals surface area contributed by atoms with Crippen LogP contribution in [0.25, 0.3) is 0 Å². The maximum Gasteiger partial charge on any atom is 0.269 e. The van der Waals surface area contributed by atoms with Gasteiger partial charge in [-0.25, -0.2) is 0 Å². The molecule has 1 heterocycles. The zero-order valence-electron chi connectivity index (χ0n) is 13.6. The van der Waals surface area contributed by atoms with E-state index in [1.54, 1.807) is 19.2 Å². The fraction of sp³-hybridized carbons (Fsp3) is 0.263. The van der Waals surface area contributed by atoms with Crippen molar-refractivity contribution in [3.63, 3.8) is 0 Å². The van der Waals surface area contributed by atoms with Gasteiger partial charge < -0.3 is 10.1 Å². The van der Waals surface area contributed by atoms with E-state index in [-0.39, 0.29) is 22.6 Å². The molecule has 128 valence electrons. The van der Waals surface area contributed by atoms with E-state index in [1.165, 1.54) is 0 Å². The summed E-state index contributed by atoms with van der Waals surface area (Å²) in [7, 11) is 1.64. The van der Waals surface area contributed by atoms with Gasteiger partial charge in [-0.2, -0.15) is 0 Å². The van der Waals surface area contributed by atoms with Crippen LogP contribution in [0.4, 0.5) is 11.4 Å². The number of allylic oxidation sites excluding steroid dienone is 2. The number of rotatable bonds is 3. The van der Waals surface area contributed by atoms with Crippen molar-refractivity contribution in [2.24, 2.45) is 5.92 Å². The number of nitro groups is 1. The first-order chi connectivity index (χ1) is 12.1. The number of nitrogens with one attached hydrogen (secondary N) is 1. The summed E-state index contributed by atoms with van der Waals surface area (Å²) >= 11 is 6.48. The number of benzene rings is 2. The van der Waals surface area contributed by atoms with Crippen LogP contribution in [-0.2, 0) is 0 Å². The second-order valence-electron chi connectivity index (χ2n) is 6.36. The predicted molar refractivity (Wildman–Crippen MR) is 97.5 cm³/mol. The van der Waals surface area contributed by atoms with Crippen LogP contribution < -0.4 is 10.1 Å². The van der Waals surface area contributed by atoms with E-state index >= 15 is 0 Å². The van der Waals surface area contributed by atoms with Crippen LogP contribution in [0.5, 0.6) is 5.75 Å². The fourth-order valence-electron chi connectivity index (χ4n) is 3.94. The van der Waals surface area contributed by atoms with Crippen molar-refractivity contribution in [2.75, 3.05) is 12.4 Å². The lowest BCUT2D eigenvalue weighted by Crippen LogP contribution is -2.29. The first-order valence-corrected chi connectivity index (χ1v) is 8.52. The van der Waals surface area contributed by atoms with Gasteiger partial charge in [-0.05, 0) is 30.0 Å². The molecule has 0 saturated carbocycles. The fourth-order valence-corrected chi connectivity index (χ4v) is 4.22. The van der Waals surface area contributed by atoms with Crippen molar-refractivity contribution in [3.8, 4) is 5.75 Å². The van der Waals surface area contributed by atoms with Gasteiger partial charge >= 0.3 is 0 Å². The number of halogens is 1. The minimum absolute atomic E-state index is 0.0423. The van der Waals surface area contributed by atoms with Crippen molar-refractivity contribution in [3.05, 3.63) is 74.8 Å². The quantitative estimate of drug-likeness (QED) is 0.473. The number of ether oxygens (including phenoxy) is 1. The van der Waals surface area contributed by atoms with Gasteiger partial charge in [-0.3, -0.25) is 10.1 Å². The molecule has 0 radical (unpaired) electrons. The smallest absolute Gasteiger partial charge is 0.269 e. The molecule has 0 unspecified atom stereocenters. The van der Waals surface area contributed by atoms with E-state index < -0.39 is 0 Å². The maximum atomic E-state index is 10.9. The van der Waals surface area contributed by atoms with Crippen molar-refractivity contribution < 1.29 is 9.66 Å². The second kappa shape index (κ2) is 6.08. The highest BCUT2D eigenvalue weighted by Gasteiger charge is 2.40. The van der Waals surface area contributed by atoms with Gasteiger partial charge in [-0.1, -0.05) is 35.9 Å². The molecule has 1 aliphatic carbocycles. The Hall–Kier alpha value is -2.53. The number of methoxy groups -OCH3 is 1. The van der Waals surface area contributed by atoms with Gasteiger partial charge in [0.1, 0.15) is 5.75 Å². The van der Waals surface area contributed by atoms with Gasteiger partial charge in [-0.15, -0.1) is 0 Å². The third-order valence-corrected chi connectivity index (χ3v) is 5.44. The number of hydrogen-bond donors (Lipinski definition) is 1. The molecule has 0 saturated heterocycles. The Kier molecular flexibility index (Phi) is 3.88. The molecule has 2 aromatic carbocycles. The van der Waals surface area contributed by atoms with Crippen molar-refractivity contribution in [1.29, 1.82) is 0 Å². The summed E-state index contributed by atoms with van der Waals surface area (Å²) in [5.74, 6) is 1.28. The van der Waals surface area contributed by atoms with E-state index in [0.717, 1.165) is 34.0 Å². The molecule has 0 aromatic heterocycles. The van der Waals surface area contributed by atoms with Crippen LogP contribution in [0.2, 0.25) is 5.02 Å². The Morgan fingerprint density at radius 3 is 2.68 bits per heavy atom. The summed E-state index contributed by atoms with van der Waals surface area (Å²) in [6.07, 6.45) is 5.32. The standard InChI is InChI=1S/C19H17ClN2O3/c1-25-16-10-9-15(20)17-13-3-2-4-14(13)18(21-19(16)17)11-5-7-12(8-6-11)22(23)24/h2-3,5-10,13-14,18,21H,4H2,1H3/t13-,14+,18+/m1/s1. The number of fused-ring (bicyclic) bond motifs is 3. The molecular formula is C19H17ClN2O3. The molecule has 4 rings (SSSR count). The van der Waals surface area contributed by atoms with E-state index in [4.69, 9.17) is 16.3 Å². The maximum absolute atomic E-state index is 10.9. The SMILES string of the molecule is COc1ccc(Cl)c2c1N[C@@H](c1ccc([N+](=O)[O-])cc1)[C@H]1CC=C[C@@H]21. The lowest BCUT2D eigenvalue weighted by Gasteiger charge is -2.38. The first kappa shape index (κ1) is 16.0. The molecule has 0 bridgehead atoms. The van der Waals surface area contributed by atoms with E-state index in [9.17, 15) is 10.1 Å². The molecule has 1 aliphatic heterocycles. The Labute approximate surface area is 150 Å². The minimum atomic E-state index is -0.379. The third-order valence-electron chi connectivity index (χ3n) is 5.11. The molecule has 1 N–H and O–H groups in total. The van der Waals surface area contributed by atoms with Crippen LogP contribution in [-0.4, -0.2) is 12.0 Å². The lowest BCUT2D eigenvalue weighted by atomic mass is 9.77. The number of non-ortho nitro benzene ring substituents is 1. The number of hydrogen-bond acceptors (Lipinski definition) is 4. The van der Waals surface area contributed by atoms with Crippen LogP contribution >= 0.6 is 11.6 Å². The van der Waals surface area contributed by atoms with Crippen molar-refractivity contribution >= 4 is 23.0 Å². The van der Waals surface area contributed by atoms with Crippen LogP contribution in [0.1, 0.15) is 29.5 Å². The molecule has 0 spiro atoms. The van der Waals surface area contributed by atoms with Gasteiger partial charge in [0.15, 0.2) is 0 Å². The summed E-state index contributed by atoms with van der Waals surface area (Å²) in [6.45, 7) is 0. The number of nitrogens with zero attached hydrogens (tertiary/aromatic N) is 1. The summed E-state index contributed by atoms with van der Waals surface area (Å²) in [5, 5.41) is 15.2. The predicted octanol–water partition coefficient (Wildman–Crippen LogP) is 5.08. The molecule has 0 amide bonds. The van der Waals surface area contributed by atoms with Crippen molar-refractivity contribution in [2.45, 2.75) is 18.4 Å². The molecular weight excluding hydrogens is 340 g/mol. The molecule has 2 aliphatic rings. The summed E-state index contributed by atoms with van der Waals surface area (Å²) in [6, 6.07) is 10.5. The Balaban J connectivity index is 1.79. The molecule has 3 atom stereocenters. The van der Waals surface area contributed by atoms with E-state index in [0.29, 0.717) is 5.92 Å². The molecule has 0 fully saturated rings. The minimum Gasteiger partial charge on any atom is -0.495 e. The Bertz CT molecular complexity index is 864. The van der Waals surface area contributed by atoms with Crippen LogP contribution in [0.3, 0.4) is 0 Å². The van der Waals surface area contributed by atoms with Gasteiger partial charge in [0.2, 0.25) is 0 Å². The summed E-state index contributed by atoms with van der Waals surface area (Å²) in [4.78, 5) is 10.5. The van der Waals surface area contributed by atoms with Gasteiger partial charge in [0.25, 0.3) is 5.69 Å². The molecule has 6 heteroatoms. The largest absolute Gasteiger partial charge is 0.495 e. The molecule has 25 heavy (non-hydrogen) atoms. The highest BCUT2D eigenvalue weighted by Crippen LogP contribution is 2.54. The Morgan fingerprint density at radius 2 is 2.00 bits per heavy atom. The molecule has 2 aromatic rings. The third kappa shape index (κ3) is 2.55. The first-order valence-electron chi connectivity index (χ1n) is 8.14. The normalized spacial score (nSPS) is 23.5. The van der Waals surface area contributed by atoms with Crippen LogP contribution in [0, 0.1) is 16.0 Å². The Morgan fingerprint density at radius 1 is 1.24 bits per heavy atom. The highest BCUT2D eigenvalue weighted by molar-refractivity contribution is 6.32. The lowest BCUT2D eigenvalue weighted by molar-refractivity contribution is -0.384. The van der Waals surface area contributed by atoms with Gasteiger partial charge in [0, 0.05) is 28.6 Å². The zero-order chi connectivity index (χ0) is 17.6. The molecule has 5 nitrogen and oxygen atoms in total. The number of anilines is 1. The topological polar surface area (TPSA) is 64.4 Å². The van der Waals surface area contributed by atoms with Gasteiger partial charge in [0.05, 0.1) is 23.8 Å². The average molecular weight is 357 g/mol. The van der Waals surface area contributed by atoms with Crippen molar-refractivity contribution in [1.82, 2.24) is 0 Å². The zero-order valence-corrected chi connectivity index (χ0v) is 14.4. The summed E-state index contributed by atoms with van der Waals surface area (Å²) in [5.41, 5.74) is 3.10. The average Bonchev–Trinajstić information content (AvgIpc) is 3.11. The summed E-state index contributed by atoms with van der Waals surface area (Å²) < 4.78 is 5.52. The monoisotopic (exact) mass is 356 g/mol. The van der Waals surface area contributed by atoms with E-state index in [2.05, 4.69) is 17.5 Å². The highest BCUT2D eigenvalue weighted by atomic mass is 35.5. The van der Waals surface area contributed by atoms with E-state index in [1.807, 2.05) is 24.3 Å². The number of nitro benzene ring substituents is 1. The second-order valence-corrected chi connectivity index (χ2v) is 6.77.